The zero-order chi connectivity index (χ0) is 27.4. The molecule has 0 aliphatic heterocycles. The van der Waals surface area contributed by atoms with E-state index in [9.17, 15) is 15.3 Å². The number of nitrogens with zero attached hydrogens (tertiary/aromatic N) is 3. The molecule has 1 aliphatic rings. The fourth-order valence-electron chi connectivity index (χ4n) is 4.74. The largest absolute Gasteiger partial charge is 0.497 e. The Morgan fingerprint density at radius 2 is 1.85 bits per heavy atom. The van der Waals surface area contributed by atoms with Crippen molar-refractivity contribution in [2.24, 2.45) is 5.92 Å². The second-order valence-corrected chi connectivity index (χ2v) is 11.5. The molecule has 0 fully saturated rings. The van der Waals surface area contributed by atoms with Crippen molar-refractivity contribution in [1.29, 1.82) is 10.5 Å². The molecule has 1 N–H and O–H groups in total. The summed E-state index contributed by atoms with van der Waals surface area (Å²) in [7, 11) is 1.61. The fourth-order valence-corrected chi connectivity index (χ4v) is 6.92. The number of thiophene rings is 1. The number of nitrogens with one attached hydrogen (secondary N) is 1. The number of rotatable bonds is 7. The first kappa shape index (κ1) is 26.5. The van der Waals surface area contributed by atoms with Gasteiger partial charge in [0.05, 0.1) is 29.7 Å². The second kappa shape index (κ2) is 11.7. The van der Waals surface area contributed by atoms with Crippen molar-refractivity contribution in [3.8, 4) is 40.3 Å². The fraction of sp³-hybridized carbons (Fsp3) is 0.226. The van der Waals surface area contributed by atoms with Gasteiger partial charge in [0.1, 0.15) is 27.9 Å². The van der Waals surface area contributed by atoms with Gasteiger partial charge in [-0.05, 0) is 54.5 Å². The Labute approximate surface area is 236 Å². The standard InChI is InChI=1S/C31H26N4O2S2/c1-19-8-13-23-25(16-32)31(39-28(23)14-19)35-29(36)18-38-30-26(17-33)24(20-9-11-22(37-2)12-10-20)15-27(34-30)21-6-4-3-5-7-21/h3-7,9-12,15,19H,8,13-14,18H2,1-2H3,(H,35,36). The Morgan fingerprint density at radius 3 is 2.54 bits per heavy atom. The van der Waals surface area contributed by atoms with Crippen LogP contribution in [0.15, 0.2) is 65.7 Å². The lowest BCUT2D eigenvalue weighted by Gasteiger charge is -2.17. The highest BCUT2D eigenvalue weighted by molar-refractivity contribution is 8.00. The quantitative estimate of drug-likeness (QED) is 0.247. The number of benzene rings is 2. The van der Waals surface area contributed by atoms with Crippen LogP contribution in [0.1, 0.15) is 34.9 Å². The molecule has 4 aromatic rings. The first-order valence-electron chi connectivity index (χ1n) is 12.6. The second-order valence-electron chi connectivity index (χ2n) is 9.45. The number of hydrogen-bond acceptors (Lipinski definition) is 7. The third kappa shape index (κ3) is 5.68. The number of amides is 1. The average molecular weight is 551 g/mol. The topological polar surface area (TPSA) is 98.8 Å². The van der Waals surface area contributed by atoms with E-state index in [0.717, 1.165) is 53.0 Å². The van der Waals surface area contributed by atoms with Crippen LogP contribution in [0.3, 0.4) is 0 Å². The van der Waals surface area contributed by atoms with Gasteiger partial charge < -0.3 is 10.1 Å². The Balaban J connectivity index is 1.44. The van der Waals surface area contributed by atoms with Gasteiger partial charge in [-0.1, -0.05) is 61.2 Å². The number of carbonyl (C=O) groups is 1. The molecule has 0 spiro atoms. The Bertz CT molecular complexity index is 1600. The maximum atomic E-state index is 13.1. The lowest BCUT2D eigenvalue weighted by atomic mass is 9.89. The van der Waals surface area contributed by atoms with Crippen molar-refractivity contribution in [3.05, 3.63) is 82.2 Å². The van der Waals surface area contributed by atoms with Crippen LogP contribution in [0.25, 0.3) is 22.4 Å². The highest BCUT2D eigenvalue weighted by Crippen LogP contribution is 2.40. The van der Waals surface area contributed by atoms with Crippen molar-refractivity contribution in [2.75, 3.05) is 18.2 Å². The third-order valence-electron chi connectivity index (χ3n) is 6.79. The maximum absolute atomic E-state index is 13.1. The summed E-state index contributed by atoms with van der Waals surface area (Å²) in [4.78, 5) is 19.0. The van der Waals surface area contributed by atoms with Gasteiger partial charge in [-0.15, -0.1) is 11.3 Å². The van der Waals surface area contributed by atoms with E-state index in [1.54, 1.807) is 7.11 Å². The summed E-state index contributed by atoms with van der Waals surface area (Å²) >= 11 is 2.73. The summed E-state index contributed by atoms with van der Waals surface area (Å²) in [5, 5.41) is 24.0. The van der Waals surface area contributed by atoms with Gasteiger partial charge in [0.25, 0.3) is 0 Å². The van der Waals surface area contributed by atoms with Crippen molar-refractivity contribution in [3.63, 3.8) is 0 Å². The summed E-state index contributed by atoms with van der Waals surface area (Å²) in [5.41, 5.74) is 5.31. The number of aromatic nitrogens is 1. The number of carbonyl (C=O) groups excluding carboxylic acids is 1. The van der Waals surface area contributed by atoms with Crippen LogP contribution in [0, 0.1) is 28.6 Å². The monoisotopic (exact) mass is 550 g/mol. The third-order valence-corrected chi connectivity index (χ3v) is 8.93. The van der Waals surface area contributed by atoms with Crippen LogP contribution >= 0.6 is 23.1 Å². The van der Waals surface area contributed by atoms with Gasteiger partial charge in [-0.2, -0.15) is 10.5 Å². The predicted molar refractivity (Wildman–Crippen MR) is 156 cm³/mol. The molecule has 5 rings (SSSR count). The molecule has 39 heavy (non-hydrogen) atoms. The molecule has 1 aliphatic carbocycles. The summed E-state index contributed by atoms with van der Waals surface area (Å²) in [6.07, 6.45) is 2.87. The molecule has 2 aromatic heterocycles. The van der Waals surface area contributed by atoms with E-state index < -0.39 is 0 Å². The molecule has 0 bridgehead atoms. The van der Waals surface area contributed by atoms with E-state index in [1.807, 2.05) is 60.7 Å². The predicted octanol–water partition coefficient (Wildman–Crippen LogP) is 7.08. The molecule has 1 atom stereocenters. The minimum absolute atomic E-state index is 0.0613. The number of thioether (sulfide) groups is 1. The zero-order valence-electron chi connectivity index (χ0n) is 21.7. The molecular weight excluding hydrogens is 525 g/mol. The van der Waals surface area contributed by atoms with E-state index >= 15 is 0 Å². The molecule has 0 radical (unpaired) electrons. The summed E-state index contributed by atoms with van der Waals surface area (Å²) in [6.45, 7) is 2.22. The minimum Gasteiger partial charge on any atom is -0.497 e. The van der Waals surface area contributed by atoms with Crippen LogP contribution in [0.4, 0.5) is 5.00 Å². The van der Waals surface area contributed by atoms with Gasteiger partial charge in [0.15, 0.2) is 0 Å². The highest BCUT2D eigenvalue weighted by atomic mass is 32.2. The van der Waals surface area contributed by atoms with E-state index in [1.165, 1.54) is 28.0 Å². The Hall–Kier alpha value is -4.11. The number of nitriles is 2. The molecule has 1 unspecified atom stereocenters. The zero-order valence-corrected chi connectivity index (χ0v) is 23.3. The number of anilines is 1. The van der Waals surface area contributed by atoms with E-state index in [0.29, 0.717) is 27.1 Å². The van der Waals surface area contributed by atoms with Crippen LogP contribution in [0.5, 0.6) is 5.75 Å². The van der Waals surface area contributed by atoms with E-state index in [-0.39, 0.29) is 11.7 Å². The van der Waals surface area contributed by atoms with Crippen LogP contribution in [-0.4, -0.2) is 23.8 Å². The van der Waals surface area contributed by atoms with Crippen LogP contribution in [0.2, 0.25) is 0 Å². The number of fused-ring (bicyclic) bond motifs is 1. The summed E-state index contributed by atoms with van der Waals surface area (Å²) in [6, 6.07) is 23.8. The summed E-state index contributed by atoms with van der Waals surface area (Å²) < 4.78 is 5.30. The summed E-state index contributed by atoms with van der Waals surface area (Å²) in [5.74, 6) is 1.13. The number of methoxy groups -OCH3 is 1. The molecule has 2 heterocycles. The highest BCUT2D eigenvalue weighted by Gasteiger charge is 2.25. The van der Waals surface area contributed by atoms with Crippen molar-refractivity contribution in [2.45, 2.75) is 31.2 Å². The van der Waals surface area contributed by atoms with Gasteiger partial charge >= 0.3 is 0 Å². The minimum atomic E-state index is -0.232. The first-order chi connectivity index (χ1) is 19.0. The number of hydrogen-bond donors (Lipinski definition) is 1. The number of pyridine rings is 1. The molecule has 2 aromatic carbocycles. The molecule has 0 saturated carbocycles. The maximum Gasteiger partial charge on any atom is 0.235 e. The van der Waals surface area contributed by atoms with Crippen molar-refractivity contribution in [1.82, 2.24) is 4.98 Å². The molecule has 6 nitrogen and oxygen atoms in total. The lowest BCUT2D eigenvalue weighted by Crippen LogP contribution is -2.14. The van der Waals surface area contributed by atoms with Gasteiger partial charge in [0, 0.05) is 16.0 Å². The molecule has 0 saturated heterocycles. The SMILES string of the molecule is COc1ccc(-c2cc(-c3ccccc3)nc(SCC(=O)Nc3sc4c(c3C#N)CCC(C)C4)c2C#N)cc1. The van der Waals surface area contributed by atoms with Gasteiger partial charge in [-0.3, -0.25) is 4.79 Å². The van der Waals surface area contributed by atoms with Gasteiger partial charge in [0.2, 0.25) is 5.91 Å². The molecule has 194 valence electrons. The first-order valence-corrected chi connectivity index (χ1v) is 14.4. The van der Waals surface area contributed by atoms with Crippen LogP contribution in [-0.2, 0) is 17.6 Å². The normalized spacial score (nSPS) is 14.1. The Morgan fingerprint density at radius 1 is 1.10 bits per heavy atom. The lowest BCUT2D eigenvalue weighted by molar-refractivity contribution is -0.113. The van der Waals surface area contributed by atoms with Crippen LogP contribution < -0.4 is 10.1 Å². The Kier molecular flexibility index (Phi) is 7.97. The van der Waals surface area contributed by atoms with Crippen molar-refractivity contribution < 1.29 is 9.53 Å². The average Bonchev–Trinajstić information content (AvgIpc) is 3.31. The van der Waals surface area contributed by atoms with E-state index in [4.69, 9.17) is 9.72 Å². The van der Waals surface area contributed by atoms with Crippen molar-refractivity contribution >= 4 is 34.0 Å². The van der Waals surface area contributed by atoms with E-state index in [2.05, 4.69) is 24.4 Å². The molecule has 8 heteroatoms. The smallest absolute Gasteiger partial charge is 0.235 e. The molecule has 1 amide bonds. The number of ether oxygens (including phenoxy) is 1. The van der Waals surface area contributed by atoms with Gasteiger partial charge in [-0.25, -0.2) is 4.98 Å². The molecular formula is C31H26N4O2S2.